The molecule has 0 aromatic rings. The standard InChI is InChI=1S/C62H120O17P2/c1-52(2)38-30-22-14-10-9-11-17-28-36-44-61(66)78-58(49-73-60(65)43-35-27-21-20-25-33-41-55(7)8)51-77-81(70,71)75-47-56(63)46-74-80(68,69)76-50-57(79-62(67)45-37-29-19-13-16-24-32-40-54(5)6)48-72-59(64)42-34-26-18-12-15-23-31-39-53(3)4/h52-58,63H,9-51H2,1-8H3,(H,68,69)(H,70,71)/t56-,57-,58-/m1/s1. The molecule has 0 aliphatic heterocycles. The molecule has 5 atom stereocenters. The highest BCUT2D eigenvalue weighted by Gasteiger charge is 2.30. The van der Waals surface area contributed by atoms with E-state index in [0.29, 0.717) is 43.4 Å². The first-order valence-electron chi connectivity index (χ1n) is 32.2. The van der Waals surface area contributed by atoms with Crippen LogP contribution in [0.3, 0.4) is 0 Å². The van der Waals surface area contributed by atoms with Crippen LogP contribution < -0.4 is 0 Å². The molecule has 0 aliphatic rings. The molecule has 0 fully saturated rings. The second kappa shape index (κ2) is 52.4. The molecule has 0 aliphatic carbocycles. The molecule has 0 heterocycles. The summed E-state index contributed by atoms with van der Waals surface area (Å²) in [6, 6.07) is 0. The van der Waals surface area contributed by atoms with Gasteiger partial charge in [-0.2, -0.15) is 0 Å². The number of unbranched alkanes of at least 4 members (excludes halogenated alkanes) is 25. The Balaban J connectivity index is 5.25. The highest BCUT2D eigenvalue weighted by molar-refractivity contribution is 7.47. The molecule has 0 amide bonds. The van der Waals surface area contributed by atoms with Crippen LogP contribution in [0.2, 0.25) is 0 Å². The van der Waals surface area contributed by atoms with Gasteiger partial charge in [0, 0.05) is 25.7 Å². The quantitative estimate of drug-likeness (QED) is 0.0222. The first-order valence-corrected chi connectivity index (χ1v) is 35.2. The third-order valence-corrected chi connectivity index (χ3v) is 16.0. The number of aliphatic hydroxyl groups is 1. The van der Waals surface area contributed by atoms with Crippen molar-refractivity contribution in [2.45, 2.75) is 311 Å². The van der Waals surface area contributed by atoms with Crippen molar-refractivity contribution in [2.24, 2.45) is 23.7 Å². The summed E-state index contributed by atoms with van der Waals surface area (Å²) in [5.74, 6) is 0.671. The fourth-order valence-corrected chi connectivity index (χ4v) is 10.7. The summed E-state index contributed by atoms with van der Waals surface area (Å²) in [6.45, 7) is 13.8. The molecule has 0 saturated heterocycles. The maximum Gasteiger partial charge on any atom is 0.472 e. The SMILES string of the molecule is CC(C)CCCCCCCCCCCC(=O)O[C@H](COC(=O)CCCCCCCCC(C)C)COP(=O)(O)OC[C@H](O)COP(=O)(O)OC[C@@H](COC(=O)CCCCCCCCCC(C)C)OC(=O)CCCCCCCCCC(C)C. The van der Waals surface area contributed by atoms with E-state index in [4.69, 9.17) is 37.0 Å². The average Bonchev–Trinajstić information content (AvgIpc) is 3.40. The molecule has 0 aromatic heterocycles. The monoisotopic (exact) mass is 1200 g/mol. The normalized spacial score (nSPS) is 14.5. The molecule has 0 rings (SSSR count). The zero-order valence-corrected chi connectivity index (χ0v) is 54.2. The zero-order chi connectivity index (χ0) is 60.4. The third kappa shape index (κ3) is 56.9. The average molecular weight is 1200 g/mol. The van der Waals surface area contributed by atoms with Gasteiger partial charge in [0.1, 0.15) is 19.3 Å². The minimum Gasteiger partial charge on any atom is -0.462 e. The fraction of sp³-hybridized carbons (Fsp3) is 0.935. The Morgan fingerprint density at radius 2 is 0.519 bits per heavy atom. The van der Waals surface area contributed by atoms with E-state index < -0.39 is 97.5 Å². The van der Waals surface area contributed by atoms with Gasteiger partial charge in [0.15, 0.2) is 12.2 Å². The van der Waals surface area contributed by atoms with E-state index in [-0.39, 0.29) is 25.7 Å². The van der Waals surface area contributed by atoms with Gasteiger partial charge in [-0.3, -0.25) is 37.3 Å². The van der Waals surface area contributed by atoms with E-state index in [0.717, 1.165) is 109 Å². The van der Waals surface area contributed by atoms with Crippen molar-refractivity contribution < 1.29 is 80.2 Å². The number of esters is 4. The molecule has 17 nitrogen and oxygen atoms in total. The maximum absolute atomic E-state index is 12.9. The van der Waals surface area contributed by atoms with E-state index in [1.165, 1.54) is 83.5 Å². The van der Waals surface area contributed by atoms with Crippen LogP contribution in [0.5, 0.6) is 0 Å². The molecule has 480 valence electrons. The predicted octanol–water partition coefficient (Wildman–Crippen LogP) is 16.6. The molecule has 2 unspecified atom stereocenters. The van der Waals surface area contributed by atoms with Crippen LogP contribution in [-0.2, 0) is 65.4 Å². The first kappa shape index (κ1) is 79.1. The van der Waals surface area contributed by atoms with Crippen LogP contribution in [0.4, 0.5) is 0 Å². The van der Waals surface area contributed by atoms with Crippen molar-refractivity contribution in [3.8, 4) is 0 Å². The van der Waals surface area contributed by atoms with E-state index in [1.54, 1.807) is 0 Å². The summed E-state index contributed by atoms with van der Waals surface area (Å²) >= 11 is 0. The van der Waals surface area contributed by atoms with Gasteiger partial charge in [-0.1, -0.05) is 242 Å². The number of hydrogen-bond acceptors (Lipinski definition) is 15. The summed E-state index contributed by atoms with van der Waals surface area (Å²) in [4.78, 5) is 72.1. The lowest BCUT2D eigenvalue weighted by atomic mass is 10.0. The Bertz CT molecular complexity index is 1630. The van der Waals surface area contributed by atoms with Gasteiger partial charge in [-0.25, -0.2) is 9.13 Å². The van der Waals surface area contributed by atoms with Gasteiger partial charge in [0.05, 0.1) is 26.4 Å². The van der Waals surface area contributed by atoms with Gasteiger partial charge in [0.2, 0.25) is 0 Å². The molecule has 0 spiro atoms. The first-order chi connectivity index (χ1) is 38.6. The highest BCUT2D eigenvalue weighted by atomic mass is 31.2. The number of carbonyl (C=O) groups is 4. The Labute approximate surface area is 492 Å². The number of carbonyl (C=O) groups excluding carboxylic acids is 4. The third-order valence-electron chi connectivity index (χ3n) is 14.1. The largest absolute Gasteiger partial charge is 0.472 e. The van der Waals surface area contributed by atoms with E-state index >= 15 is 0 Å². The van der Waals surface area contributed by atoms with Crippen LogP contribution in [0.1, 0.15) is 293 Å². The zero-order valence-electron chi connectivity index (χ0n) is 52.4. The number of ether oxygens (including phenoxy) is 4. The van der Waals surface area contributed by atoms with Gasteiger partial charge < -0.3 is 33.8 Å². The Kier molecular flexibility index (Phi) is 51.1. The number of rotatable bonds is 59. The molecule has 0 aromatic carbocycles. The fourth-order valence-electron chi connectivity index (χ4n) is 9.08. The van der Waals surface area contributed by atoms with Crippen molar-refractivity contribution in [1.82, 2.24) is 0 Å². The van der Waals surface area contributed by atoms with Crippen LogP contribution in [0.25, 0.3) is 0 Å². The Hall–Kier alpha value is -1.94. The van der Waals surface area contributed by atoms with E-state index in [2.05, 4.69) is 55.4 Å². The van der Waals surface area contributed by atoms with Crippen molar-refractivity contribution in [3.63, 3.8) is 0 Å². The Morgan fingerprint density at radius 3 is 0.765 bits per heavy atom. The van der Waals surface area contributed by atoms with Crippen molar-refractivity contribution >= 4 is 39.5 Å². The summed E-state index contributed by atoms with van der Waals surface area (Å²) in [6.07, 6.45) is 31.1. The predicted molar refractivity (Wildman–Crippen MR) is 321 cm³/mol. The molecule has 3 N–H and O–H groups in total. The molecule has 19 heteroatoms. The second-order valence-electron chi connectivity index (χ2n) is 24.3. The minimum absolute atomic E-state index is 0.102. The summed E-state index contributed by atoms with van der Waals surface area (Å²) in [5, 5.41) is 10.5. The summed E-state index contributed by atoms with van der Waals surface area (Å²) in [5.41, 5.74) is 0. The van der Waals surface area contributed by atoms with Crippen molar-refractivity contribution in [3.05, 3.63) is 0 Å². The smallest absolute Gasteiger partial charge is 0.462 e. The second-order valence-corrected chi connectivity index (χ2v) is 27.3. The summed E-state index contributed by atoms with van der Waals surface area (Å²) < 4.78 is 67.8. The van der Waals surface area contributed by atoms with Gasteiger partial charge >= 0.3 is 39.5 Å². The lowest BCUT2D eigenvalue weighted by Gasteiger charge is -2.21. The lowest BCUT2D eigenvalue weighted by molar-refractivity contribution is -0.161. The number of phosphoric ester groups is 2. The number of phosphoric acid groups is 2. The van der Waals surface area contributed by atoms with E-state index in [1.807, 2.05) is 0 Å². The van der Waals surface area contributed by atoms with Crippen LogP contribution in [-0.4, -0.2) is 96.7 Å². The van der Waals surface area contributed by atoms with Crippen LogP contribution >= 0.6 is 15.6 Å². The van der Waals surface area contributed by atoms with Crippen molar-refractivity contribution in [2.75, 3.05) is 39.6 Å². The van der Waals surface area contributed by atoms with Gasteiger partial charge in [-0.05, 0) is 49.4 Å². The molecule has 0 bridgehead atoms. The molecular formula is C62H120O17P2. The Morgan fingerprint density at radius 1 is 0.309 bits per heavy atom. The van der Waals surface area contributed by atoms with Gasteiger partial charge in [0.25, 0.3) is 0 Å². The molecule has 0 radical (unpaired) electrons. The maximum atomic E-state index is 12.9. The number of aliphatic hydroxyl groups excluding tert-OH is 1. The van der Waals surface area contributed by atoms with Crippen LogP contribution in [0, 0.1) is 23.7 Å². The minimum atomic E-state index is -4.94. The van der Waals surface area contributed by atoms with Crippen LogP contribution in [0.15, 0.2) is 0 Å². The highest BCUT2D eigenvalue weighted by Crippen LogP contribution is 2.45. The summed E-state index contributed by atoms with van der Waals surface area (Å²) in [7, 11) is -9.88. The molecule has 81 heavy (non-hydrogen) atoms. The molecule has 0 saturated carbocycles. The van der Waals surface area contributed by atoms with Crippen molar-refractivity contribution in [1.29, 1.82) is 0 Å². The van der Waals surface area contributed by atoms with E-state index in [9.17, 15) is 43.2 Å². The van der Waals surface area contributed by atoms with Gasteiger partial charge in [-0.15, -0.1) is 0 Å². The lowest BCUT2D eigenvalue weighted by Crippen LogP contribution is -2.30. The topological polar surface area (TPSA) is 237 Å². The number of hydrogen-bond donors (Lipinski definition) is 3. The molecular weight excluding hydrogens is 1080 g/mol.